The first kappa shape index (κ1) is 12.2. The zero-order valence-electron chi connectivity index (χ0n) is 12.1. The Morgan fingerprint density at radius 1 is 1.05 bits per heavy atom. The molecule has 1 aliphatic rings. The monoisotopic (exact) mass is 250 g/mol. The van der Waals surface area contributed by atoms with Gasteiger partial charge in [0.25, 0.3) is 0 Å². The average molecular weight is 250 g/mol. The molecule has 1 aliphatic carbocycles. The van der Waals surface area contributed by atoms with Crippen LogP contribution in [0.4, 0.5) is 0 Å². The highest BCUT2D eigenvalue weighted by molar-refractivity contribution is 5.77. The van der Waals surface area contributed by atoms with E-state index in [1.54, 1.807) is 0 Å². The van der Waals surface area contributed by atoms with Gasteiger partial charge in [-0.1, -0.05) is 44.2 Å². The summed E-state index contributed by atoms with van der Waals surface area (Å²) >= 11 is 0. The molecule has 3 rings (SSSR count). The van der Waals surface area contributed by atoms with Crippen LogP contribution in [0.3, 0.4) is 0 Å². The number of hydrogen-bond acceptors (Lipinski definition) is 0. The maximum atomic E-state index is 2.30. The van der Waals surface area contributed by atoms with Crippen LogP contribution in [0.5, 0.6) is 0 Å². The lowest BCUT2D eigenvalue weighted by molar-refractivity contribution is -0.660. The standard InChI is InChI=1S/C18H20N/c1-13-7-5-6-8-14(13)17-15-9-11-18(2,3)16(15)10-12-19(17)4/h5-12H,1-4H3/q+1. The topological polar surface area (TPSA) is 3.88 Å². The maximum absolute atomic E-state index is 2.30. The first-order chi connectivity index (χ1) is 9.00. The first-order valence-electron chi connectivity index (χ1n) is 6.79. The van der Waals surface area contributed by atoms with E-state index in [4.69, 9.17) is 0 Å². The SMILES string of the molecule is Cc1ccccc1-c1c2c(cc[n+]1C)C(C)(C)C=C2. The predicted molar refractivity (Wildman–Crippen MR) is 79.9 cm³/mol. The number of nitrogens with zero attached hydrogens (tertiary/aromatic N) is 1. The number of pyridine rings is 1. The molecule has 1 aromatic carbocycles. The van der Waals surface area contributed by atoms with E-state index in [2.05, 4.69) is 81.1 Å². The third-order valence-electron chi connectivity index (χ3n) is 4.12. The van der Waals surface area contributed by atoms with E-state index < -0.39 is 0 Å². The average Bonchev–Trinajstić information content (AvgIpc) is 2.67. The lowest BCUT2D eigenvalue weighted by Crippen LogP contribution is -2.32. The van der Waals surface area contributed by atoms with Crippen LogP contribution in [-0.2, 0) is 12.5 Å². The number of hydrogen-bond donors (Lipinski definition) is 0. The van der Waals surface area contributed by atoms with Gasteiger partial charge in [-0.15, -0.1) is 0 Å². The highest BCUT2D eigenvalue weighted by Crippen LogP contribution is 2.39. The van der Waals surface area contributed by atoms with Crippen LogP contribution in [0.1, 0.15) is 30.5 Å². The fourth-order valence-electron chi connectivity index (χ4n) is 2.95. The van der Waals surface area contributed by atoms with Gasteiger partial charge in [-0.2, -0.15) is 0 Å². The van der Waals surface area contributed by atoms with Crippen molar-refractivity contribution < 1.29 is 4.57 Å². The third kappa shape index (κ3) is 1.81. The number of allylic oxidation sites excluding steroid dienone is 1. The summed E-state index contributed by atoms with van der Waals surface area (Å²) in [7, 11) is 2.13. The van der Waals surface area contributed by atoms with Crippen LogP contribution in [-0.4, -0.2) is 0 Å². The summed E-state index contributed by atoms with van der Waals surface area (Å²) in [6.45, 7) is 6.73. The van der Waals surface area contributed by atoms with Gasteiger partial charge in [0.05, 0.1) is 5.56 Å². The van der Waals surface area contributed by atoms with Crippen molar-refractivity contribution in [1.82, 2.24) is 0 Å². The van der Waals surface area contributed by atoms with E-state index in [0.717, 1.165) is 0 Å². The Morgan fingerprint density at radius 2 is 1.79 bits per heavy atom. The molecule has 2 aromatic rings. The molecule has 0 radical (unpaired) electrons. The Bertz CT molecular complexity index is 678. The highest BCUT2D eigenvalue weighted by atomic mass is 14.9. The van der Waals surface area contributed by atoms with Gasteiger partial charge >= 0.3 is 0 Å². The number of aryl methyl sites for hydroxylation is 2. The minimum absolute atomic E-state index is 0.140. The Hall–Kier alpha value is -1.89. The zero-order valence-corrected chi connectivity index (χ0v) is 12.1. The van der Waals surface area contributed by atoms with Gasteiger partial charge in [0.15, 0.2) is 6.20 Å². The van der Waals surface area contributed by atoms with Gasteiger partial charge < -0.3 is 0 Å². The lowest BCUT2D eigenvalue weighted by atomic mass is 9.86. The van der Waals surface area contributed by atoms with Crippen molar-refractivity contribution >= 4 is 6.08 Å². The molecule has 0 spiro atoms. The van der Waals surface area contributed by atoms with E-state index in [-0.39, 0.29) is 5.41 Å². The van der Waals surface area contributed by atoms with Crippen molar-refractivity contribution in [2.24, 2.45) is 7.05 Å². The molecule has 0 N–H and O–H groups in total. The second kappa shape index (κ2) is 4.06. The molecule has 0 fully saturated rings. The van der Waals surface area contributed by atoms with Crippen LogP contribution in [0.15, 0.2) is 42.6 Å². The molecule has 1 heteroatoms. The van der Waals surface area contributed by atoms with Gasteiger partial charge in [0, 0.05) is 17.0 Å². The van der Waals surface area contributed by atoms with Gasteiger partial charge in [-0.3, -0.25) is 0 Å². The first-order valence-corrected chi connectivity index (χ1v) is 6.79. The Kier molecular flexibility index (Phi) is 2.60. The molecule has 96 valence electrons. The van der Waals surface area contributed by atoms with Crippen molar-refractivity contribution in [3.05, 3.63) is 59.3 Å². The largest absolute Gasteiger partial charge is 0.220 e. The van der Waals surface area contributed by atoms with Gasteiger partial charge in [0.1, 0.15) is 7.05 Å². The Balaban J connectivity index is 2.33. The van der Waals surface area contributed by atoms with E-state index in [1.165, 1.54) is 27.9 Å². The molecule has 1 aromatic heterocycles. The molecule has 19 heavy (non-hydrogen) atoms. The molecule has 0 amide bonds. The minimum Gasteiger partial charge on any atom is -0.200 e. The van der Waals surface area contributed by atoms with Gasteiger partial charge in [-0.05, 0) is 24.1 Å². The lowest BCUT2D eigenvalue weighted by Gasteiger charge is -2.18. The zero-order chi connectivity index (χ0) is 13.6. The van der Waals surface area contributed by atoms with Crippen molar-refractivity contribution in [2.75, 3.05) is 0 Å². The molecule has 0 unspecified atom stereocenters. The van der Waals surface area contributed by atoms with E-state index >= 15 is 0 Å². The molecule has 0 atom stereocenters. The summed E-state index contributed by atoms with van der Waals surface area (Å²) in [6.07, 6.45) is 6.76. The summed E-state index contributed by atoms with van der Waals surface area (Å²) in [5, 5.41) is 0. The second-order valence-electron chi connectivity index (χ2n) is 5.97. The molecule has 0 saturated carbocycles. The van der Waals surface area contributed by atoms with Crippen molar-refractivity contribution in [2.45, 2.75) is 26.2 Å². The minimum atomic E-state index is 0.140. The van der Waals surface area contributed by atoms with Crippen LogP contribution in [0.2, 0.25) is 0 Å². The van der Waals surface area contributed by atoms with E-state index in [1.807, 2.05) is 0 Å². The number of aromatic nitrogens is 1. The summed E-state index contributed by atoms with van der Waals surface area (Å²) in [4.78, 5) is 0. The molecule has 1 heterocycles. The summed E-state index contributed by atoms with van der Waals surface area (Å²) in [6, 6.07) is 10.9. The summed E-state index contributed by atoms with van der Waals surface area (Å²) in [5.74, 6) is 0. The van der Waals surface area contributed by atoms with Crippen molar-refractivity contribution in [1.29, 1.82) is 0 Å². The molecule has 1 nitrogen and oxygen atoms in total. The third-order valence-corrected chi connectivity index (χ3v) is 4.12. The van der Waals surface area contributed by atoms with Crippen molar-refractivity contribution in [3.63, 3.8) is 0 Å². The molecule has 0 aliphatic heterocycles. The van der Waals surface area contributed by atoms with Crippen LogP contribution < -0.4 is 4.57 Å². The Labute approximate surface area is 115 Å². The summed E-state index contributed by atoms with van der Waals surface area (Å²) < 4.78 is 2.23. The predicted octanol–water partition coefficient (Wildman–Crippen LogP) is 3.79. The highest BCUT2D eigenvalue weighted by Gasteiger charge is 2.31. The Morgan fingerprint density at radius 3 is 2.53 bits per heavy atom. The number of benzene rings is 1. The van der Waals surface area contributed by atoms with Gasteiger partial charge in [0.2, 0.25) is 5.69 Å². The maximum Gasteiger partial charge on any atom is 0.220 e. The molecular formula is C18H20N+. The summed E-state index contributed by atoms with van der Waals surface area (Å²) in [5.41, 5.74) is 6.89. The van der Waals surface area contributed by atoms with Crippen LogP contribution >= 0.6 is 0 Å². The van der Waals surface area contributed by atoms with E-state index in [0.29, 0.717) is 0 Å². The smallest absolute Gasteiger partial charge is 0.200 e. The molecule has 0 saturated heterocycles. The normalized spacial score (nSPS) is 15.6. The number of fused-ring (bicyclic) bond motifs is 1. The van der Waals surface area contributed by atoms with Crippen LogP contribution in [0.25, 0.3) is 17.3 Å². The number of rotatable bonds is 1. The molecule has 0 bridgehead atoms. The fraction of sp³-hybridized carbons (Fsp3) is 0.278. The van der Waals surface area contributed by atoms with E-state index in [9.17, 15) is 0 Å². The quantitative estimate of drug-likeness (QED) is 0.678. The van der Waals surface area contributed by atoms with Gasteiger partial charge in [-0.25, -0.2) is 4.57 Å². The second-order valence-corrected chi connectivity index (χ2v) is 5.97. The van der Waals surface area contributed by atoms with Crippen molar-refractivity contribution in [3.8, 4) is 11.3 Å². The van der Waals surface area contributed by atoms with Crippen LogP contribution in [0, 0.1) is 6.92 Å². The molecular weight excluding hydrogens is 230 g/mol. The fourth-order valence-corrected chi connectivity index (χ4v) is 2.95.